The largest absolute Gasteiger partial charge is 0.441 e. The zero-order valence-electron chi connectivity index (χ0n) is 14.7. The van der Waals surface area contributed by atoms with Gasteiger partial charge in [0.05, 0.1) is 22.5 Å². The third kappa shape index (κ3) is 2.53. The summed E-state index contributed by atoms with van der Waals surface area (Å²) in [6.45, 7) is 3.83. The van der Waals surface area contributed by atoms with E-state index >= 15 is 0 Å². The number of benzene rings is 1. The van der Waals surface area contributed by atoms with Crippen molar-refractivity contribution in [3.63, 3.8) is 0 Å². The lowest BCUT2D eigenvalue weighted by molar-refractivity contribution is 0.0880. The average Bonchev–Trinajstić information content (AvgIpc) is 3.14. The van der Waals surface area contributed by atoms with Crippen molar-refractivity contribution < 1.29 is 14.0 Å². The van der Waals surface area contributed by atoms with E-state index in [4.69, 9.17) is 10.2 Å². The molecule has 0 bridgehead atoms. The van der Waals surface area contributed by atoms with Crippen LogP contribution in [0.4, 0.5) is 5.82 Å². The van der Waals surface area contributed by atoms with Gasteiger partial charge in [-0.25, -0.2) is 4.98 Å². The van der Waals surface area contributed by atoms with Crippen LogP contribution in [0.15, 0.2) is 39.5 Å². The van der Waals surface area contributed by atoms with E-state index in [0.29, 0.717) is 17.1 Å². The number of hydrogen-bond donors (Lipinski definition) is 2. The molecule has 0 saturated heterocycles. The van der Waals surface area contributed by atoms with Crippen molar-refractivity contribution in [3.05, 3.63) is 63.3 Å². The monoisotopic (exact) mass is 364 g/mol. The Balaban J connectivity index is 1.88. The van der Waals surface area contributed by atoms with Crippen molar-refractivity contribution in [1.82, 2.24) is 14.9 Å². The number of carbonyl (C=O) groups excluding carboxylic acids is 2. The first-order valence-electron chi connectivity index (χ1n) is 8.39. The maximum atomic E-state index is 12.6. The van der Waals surface area contributed by atoms with E-state index in [-0.39, 0.29) is 16.9 Å². The van der Waals surface area contributed by atoms with Gasteiger partial charge >= 0.3 is 0 Å². The predicted molar refractivity (Wildman–Crippen MR) is 97.9 cm³/mol. The van der Waals surface area contributed by atoms with Gasteiger partial charge in [-0.1, -0.05) is 13.0 Å². The molecule has 3 heterocycles. The highest BCUT2D eigenvalue weighted by molar-refractivity contribution is 6.23. The zero-order chi connectivity index (χ0) is 19.3. The van der Waals surface area contributed by atoms with Crippen LogP contribution in [-0.2, 0) is 6.42 Å². The number of rotatable bonds is 3. The number of nitrogen functional groups attached to an aromatic ring is 1. The number of imide groups is 1. The standard InChI is InChI=1S/C19H16N4O4/c1-3-13-9(2)27-19(21-13)10-5-4-6-11(7-10)23-14(24)8-12-15(16(23)20)18(26)22-17(12)25/h4-8H,3,20H2,1-2H3,(H,22,25,26). The molecule has 2 aromatic heterocycles. The van der Waals surface area contributed by atoms with Gasteiger partial charge in [0.1, 0.15) is 11.6 Å². The third-order valence-electron chi connectivity index (χ3n) is 4.53. The van der Waals surface area contributed by atoms with E-state index in [1.54, 1.807) is 24.3 Å². The first-order valence-corrected chi connectivity index (χ1v) is 8.39. The fourth-order valence-corrected chi connectivity index (χ4v) is 3.20. The van der Waals surface area contributed by atoms with Gasteiger partial charge in [-0.3, -0.25) is 24.3 Å². The molecular formula is C19H16N4O4. The second kappa shape index (κ2) is 5.94. The molecule has 2 amide bonds. The minimum atomic E-state index is -0.623. The quantitative estimate of drug-likeness (QED) is 0.684. The molecule has 0 aliphatic carbocycles. The Hall–Kier alpha value is -3.68. The van der Waals surface area contributed by atoms with Crippen LogP contribution in [0, 0.1) is 6.92 Å². The van der Waals surface area contributed by atoms with E-state index < -0.39 is 17.4 Å². The minimum Gasteiger partial charge on any atom is -0.441 e. The Labute approximate surface area is 153 Å². The first kappa shape index (κ1) is 16.8. The molecule has 1 aromatic carbocycles. The molecule has 4 rings (SSSR count). The molecule has 1 aliphatic heterocycles. The Morgan fingerprint density at radius 1 is 1.19 bits per heavy atom. The summed E-state index contributed by atoms with van der Waals surface area (Å²) in [5.74, 6) is -0.152. The molecule has 0 fully saturated rings. The number of anilines is 1. The molecule has 3 N–H and O–H groups in total. The summed E-state index contributed by atoms with van der Waals surface area (Å²) in [7, 11) is 0. The third-order valence-corrected chi connectivity index (χ3v) is 4.53. The van der Waals surface area contributed by atoms with Crippen LogP contribution in [0.2, 0.25) is 0 Å². The molecular weight excluding hydrogens is 348 g/mol. The number of aromatic nitrogens is 2. The molecule has 27 heavy (non-hydrogen) atoms. The van der Waals surface area contributed by atoms with Gasteiger partial charge in [-0.2, -0.15) is 0 Å². The highest BCUT2D eigenvalue weighted by Gasteiger charge is 2.31. The molecule has 8 nitrogen and oxygen atoms in total. The number of fused-ring (bicyclic) bond motifs is 1. The van der Waals surface area contributed by atoms with Gasteiger partial charge in [-0.05, 0) is 31.5 Å². The Morgan fingerprint density at radius 3 is 2.67 bits per heavy atom. The van der Waals surface area contributed by atoms with Crippen molar-refractivity contribution in [2.45, 2.75) is 20.3 Å². The summed E-state index contributed by atoms with van der Waals surface area (Å²) in [5, 5.41) is 2.15. The van der Waals surface area contributed by atoms with E-state index in [9.17, 15) is 14.4 Å². The predicted octanol–water partition coefficient (Wildman–Crippen LogP) is 1.83. The van der Waals surface area contributed by atoms with Crippen molar-refractivity contribution in [1.29, 1.82) is 0 Å². The number of nitrogens with zero attached hydrogens (tertiary/aromatic N) is 2. The molecule has 0 unspecified atom stereocenters. The lowest BCUT2D eigenvalue weighted by Crippen LogP contribution is -2.24. The average molecular weight is 364 g/mol. The smallest absolute Gasteiger partial charge is 0.262 e. The number of aryl methyl sites for hydroxylation is 2. The van der Waals surface area contributed by atoms with Crippen LogP contribution in [-0.4, -0.2) is 21.4 Å². The van der Waals surface area contributed by atoms with Crippen molar-refractivity contribution in [3.8, 4) is 17.1 Å². The van der Waals surface area contributed by atoms with Gasteiger partial charge in [0, 0.05) is 11.6 Å². The van der Waals surface area contributed by atoms with Crippen LogP contribution < -0.4 is 16.6 Å². The lowest BCUT2D eigenvalue weighted by atomic mass is 10.1. The molecule has 3 aromatic rings. The second-order valence-corrected chi connectivity index (χ2v) is 6.20. The van der Waals surface area contributed by atoms with Gasteiger partial charge in [0.2, 0.25) is 5.89 Å². The van der Waals surface area contributed by atoms with Gasteiger partial charge < -0.3 is 10.2 Å². The van der Waals surface area contributed by atoms with Crippen LogP contribution >= 0.6 is 0 Å². The topological polar surface area (TPSA) is 120 Å². The van der Waals surface area contributed by atoms with Crippen LogP contribution in [0.5, 0.6) is 0 Å². The second-order valence-electron chi connectivity index (χ2n) is 6.20. The lowest BCUT2D eigenvalue weighted by Gasteiger charge is -2.12. The van der Waals surface area contributed by atoms with Crippen LogP contribution in [0.1, 0.15) is 39.1 Å². The Kier molecular flexibility index (Phi) is 3.69. The molecule has 0 radical (unpaired) electrons. The number of oxazole rings is 1. The Morgan fingerprint density at radius 2 is 1.96 bits per heavy atom. The number of hydrogen-bond acceptors (Lipinski definition) is 6. The molecule has 0 atom stereocenters. The van der Waals surface area contributed by atoms with Crippen LogP contribution in [0.25, 0.3) is 17.1 Å². The summed E-state index contributed by atoms with van der Waals surface area (Å²) in [5.41, 5.74) is 7.53. The molecule has 8 heteroatoms. The normalized spacial score (nSPS) is 13.0. The summed E-state index contributed by atoms with van der Waals surface area (Å²) >= 11 is 0. The van der Waals surface area contributed by atoms with Crippen LogP contribution in [0.3, 0.4) is 0 Å². The minimum absolute atomic E-state index is 0.00485. The maximum absolute atomic E-state index is 12.6. The highest BCUT2D eigenvalue weighted by Crippen LogP contribution is 2.27. The summed E-state index contributed by atoms with van der Waals surface area (Å²) in [4.78, 5) is 40.8. The molecule has 1 aliphatic rings. The highest BCUT2D eigenvalue weighted by atomic mass is 16.4. The first-order chi connectivity index (χ1) is 12.9. The molecule has 0 saturated carbocycles. The van der Waals surface area contributed by atoms with E-state index in [2.05, 4.69) is 10.3 Å². The SMILES string of the molecule is CCc1nc(-c2cccc(-n3c(N)c4c(cc3=O)C(=O)NC4=O)c2)oc1C. The fourth-order valence-electron chi connectivity index (χ4n) is 3.20. The number of pyridine rings is 1. The fraction of sp³-hybridized carbons (Fsp3) is 0.158. The number of nitrogens with two attached hydrogens (primary N) is 1. The van der Waals surface area contributed by atoms with Gasteiger partial charge in [-0.15, -0.1) is 0 Å². The van der Waals surface area contributed by atoms with E-state index in [0.717, 1.165) is 23.9 Å². The number of nitrogens with one attached hydrogen (secondary N) is 1. The van der Waals surface area contributed by atoms with E-state index in [1.807, 2.05) is 13.8 Å². The molecule has 0 spiro atoms. The van der Waals surface area contributed by atoms with Crippen molar-refractivity contribution >= 4 is 17.6 Å². The summed E-state index contributed by atoms with van der Waals surface area (Å²) < 4.78 is 6.90. The number of amides is 2. The molecule has 136 valence electrons. The van der Waals surface area contributed by atoms with Crippen molar-refractivity contribution in [2.24, 2.45) is 0 Å². The van der Waals surface area contributed by atoms with E-state index in [1.165, 1.54) is 4.57 Å². The summed E-state index contributed by atoms with van der Waals surface area (Å²) in [6, 6.07) is 8.03. The Bertz CT molecular complexity index is 1170. The zero-order valence-corrected chi connectivity index (χ0v) is 14.7. The van der Waals surface area contributed by atoms with Crippen molar-refractivity contribution in [2.75, 3.05) is 5.73 Å². The summed E-state index contributed by atoms with van der Waals surface area (Å²) in [6.07, 6.45) is 0.745. The maximum Gasteiger partial charge on any atom is 0.262 e. The van der Waals surface area contributed by atoms with Gasteiger partial charge in [0.25, 0.3) is 17.4 Å². The van der Waals surface area contributed by atoms with Gasteiger partial charge in [0.15, 0.2) is 0 Å². The number of carbonyl (C=O) groups is 2.